The van der Waals surface area contributed by atoms with Crippen LogP contribution in [-0.2, 0) is 10.3 Å². The number of hydrogen-bond acceptors (Lipinski definition) is 6. The SMILES string of the molecule is COc1ccccc1-c1noc(C2(OC)CCNCC2)n1. The van der Waals surface area contributed by atoms with Gasteiger partial charge in [-0.2, -0.15) is 4.98 Å². The highest BCUT2D eigenvalue weighted by molar-refractivity contribution is 5.63. The predicted octanol–water partition coefficient (Wildman–Crippen LogP) is 1.97. The van der Waals surface area contributed by atoms with Crippen molar-refractivity contribution in [2.45, 2.75) is 18.4 Å². The van der Waals surface area contributed by atoms with Crippen molar-refractivity contribution in [3.63, 3.8) is 0 Å². The Morgan fingerprint density at radius 1 is 1.19 bits per heavy atom. The molecule has 0 aliphatic carbocycles. The van der Waals surface area contributed by atoms with E-state index in [9.17, 15) is 0 Å². The highest BCUT2D eigenvalue weighted by atomic mass is 16.5. The van der Waals surface area contributed by atoms with Crippen LogP contribution in [0.25, 0.3) is 11.4 Å². The van der Waals surface area contributed by atoms with Crippen LogP contribution in [0.15, 0.2) is 28.8 Å². The molecule has 2 heterocycles. The van der Waals surface area contributed by atoms with Crippen LogP contribution < -0.4 is 10.1 Å². The summed E-state index contributed by atoms with van der Waals surface area (Å²) in [4.78, 5) is 4.55. The molecule has 6 heteroatoms. The van der Waals surface area contributed by atoms with Gasteiger partial charge in [-0.25, -0.2) is 0 Å². The van der Waals surface area contributed by atoms with Crippen molar-refractivity contribution in [1.82, 2.24) is 15.5 Å². The molecule has 1 fully saturated rings. The minimum atomic E-state index is -0.488. The molecule has 1 aromatic heterocycles. The molecule has 2 aromatic rings. The maximum atomic E-state index is 5.70. The molecule has 6 nitrogen and oxygen atoms in total. The predicted molar refractivity (Wildman–Crippen MR) is 77.1 cm³/mol. The average molecular weight is 289 g/mol. The van der Waals surface area contributed by atoms with Crippen molar-refractivity contribution in [1.29, 1.82) is 0 Å². The normalized spacial score (nSPS) is 17.6. The van der Waals surface area contributed by atoms with E-state index in [-0.39, 0.29) is 0 Å². The topological polar surface area (TPSA) is 69.4 Å². The lowest BCUT2D eigenvalue weighted by molar-refractivity contribution is -0.0622. The molecular weight excluding hydrogens is 270 g/mol. The molecule has 0 spiro atoms. The van der Waals surface area contributed by atoms with Crippen LogP contribution in [0.1, 0.15) is 18.7 Å². The van der Waals surface area contributed by atoms with Gasteiger partial charge >= 0.3 is 0 Å². The Morgan fingerprint density at radius 3 is 2.67 bits per heavy atom. The first-order chi connectivity index (χ1) is 10.3. The number of piperidine rings is 1. The number of methoxy groups -OCH3 is 2. The Kier molecular flexibility index (Phi) is 3.90. The van der Waals surface area contributed by atoms with Crippen LogP contribution in [0.4, 0.5) is 0 Å². The van der Waals surface area contributed by atoms with Crippen LogP contribution in [0, 0.1) is 0 Å². The molecule has 21 heavy (non-hydrogen) atoms. The molecule has 1 aliphatic rings. The van der Waals surface area contributed by atoms with Gasteiger partial charge < -0.3 is 19.3 Å². The quantitative estimate of drug-likeness (QED) is 0.928. The van der Waals surface area contributed by atoms with Crippen molar-refractivity contribution < 1.29 is 14.0 Å². The van der Waals surface area contributed by atoms with E-state index < -0.39 is 5.60 Å². The zero-order chi connectivity index (χ0) is 14.7. The molecule has 0 radical (unpaired) electrons. The van der Waals surface area contributed by atoms with Crippen LogP contribution >= 0.6 is 0 Å². The summed E-state index contributed by atoms with van der Waals surface area (Å²) >= 11 is 0. The smallest absolute Gasteiger partial charge is 0.259 e. The van der Waals surface area contributed by atoms with Crippen molar-refractivity contribution in [2.24, 2.45) is 0 Å². The Balaban J connectivity index is 1.96. The van der Waals surface area contributed by atoms with Gasteiger partial charge in [-0.3, -0.25) is 0 Å². The number of hydrogen-bond donors (Lipinski definition) is 1. The van der Waals surface area contributed by atoms with Crippen LogP contribution in [0.5, 0.6) is 5.75 Å². The highest BCUT2D eigenvalue weighted by Crippen LogP contribution is 2.35. The molecule has 1 saturated heterocycles. The Bertz CT molecular complexity index is 606. The van der Waals surface area contributed by atoms with Crippen LogP contribution in [0.2, 0.25) is 0 Å². The Morgan fingerprint density at radius 2 is 1.95 bits per heavy atom. The molecule has 1 aliphatic heterocycles. The number of rotatable bonds is 4. The van der Waals surface area contributed by atoms with Crippen LogP contribution in [-0.4, -0.2) is 37.4 Å². The Labute approximate surface area is 123 Å². The number of aromatic nitrogens is 2. The zero-order valence-electron chi connectivity index (χ0n) is 12.3. The van der Waals surface area contributed by atoms with E-state index >= 15 is 0 Å². The molecule has 0 bridgehead atoms. The van der Waals surface area contributed by atoms with Gasteiger partial charge in [0.1, 0.15) is 11.4 Å². The van der Waals surface area contributed by atoms with E-state index in [1.54, 1.807) is 14.2 Å². The summed E-state index contributed by atoms with van der Waals surface area (Å²) in [6, 6.07) is 7.62. The number of para-hydroxylation sites is 1. The van der Waals surface area contributed by atoms with E-state index in [1.807, 2.05) is 24.3 Å². The van der Waals surface area contributed by atoms with Gasteiger partial charge in [-0.05, 0) is 38.1 Å². The van der Waals surface area contributed by atoms with Gasteiger partial charge in [0.15, 0.2) is 0 Å². The lowest BCUT2D eigenvalue weighted by atomic mass is 9.92. The minimum absolute atomic E-state index is 0.488. The summed E-state index contributed by atoms with van der Waals surface area (Å²) in [6.45, 7) is 1.75. The van der Waals surface area contributed by atoms with Crippen molar-refractivity contribution in [3.8, 4) is 17.1 Å². The van der Waals surface area contributed by atoms with Crippen molar-refractivity contribution >= 4 is 0 Å². The molecule has 112 valence electrons. The second kappa shape index (κ2) is 5.83. The van der Waals surface area contributed by atoms with E-state index in [1.165, 1.54) is 0 Å². The summed E-state index contributed by atoms with van der Waals surface area (Å²) in [5, 5.41) is 7.41. The molecule has 1 N–H and O–H groups in total. The molecule has 0 unspecified atom stereocenters. The summed E-state index contributed by atoms with van der Waals surface area (Å²) < 4.78 is 16.5. The molecule has 3 rings (SSSR count). The average Bonchev–Trinajstić information content (AvgIpc) is 3.06. The summed E-state index contributed by atoms with van der Waals surface area (Å²) in [6.07, 6.45) is 1.63. The van der Waals surface area contributed by atoms with E-state index in [0.717, 1.165) is 37.2 Å². The van der Waals surface area contributed by atoms with Gasteiger partial charge in [-0.1, -0.05) is 17.3 Å². The van der Waals surface area contributed by atoms with Gasteiger partial charge in [0.25, 0.3) is 5.89 Å². The van der Waals surface area contributed by atoms with Gasteiger partial charge in [0, 0.05) is 7.11 Å². The van der Waals surface area contributed by atoms with E-state index in [2.05, 4.69) is 15.5 Å². The molecule has 0 amide bonds. The third-order valence-electron chi connectivity index (χ3n) is 3.97. The molecule has 0 saturated carbocycles. The monoisotopic (exact) mass is 289 g/mol. The Hall–Kier alpha value is -1.92. The van der Waals surface area contributed by atoms with Gasteiger partial charge in [0.2, 0.25) is 5.82 Å². The third kappa shape index (κ3) is 2.52. The van der Waals surface area contributed by atoms with Crippen molar-refractivity contribution in [3.05, 3.63) is 30.2 Å². The largest absolute Gasteiger partial charge is 0.496 e. The molecule has 1 aromatic carbocycles. The zero-order valence-corrected chi connectivity index (χ0v) is 12.3. The fourth-order valence-corrected chi connectivity index (χ4v) is 2.68. The second-order valence-corrected chi connectivity index (χ2v) is 5.07. The van der Waals surface area contributed by atoms with E-state index in [0.29, 0.717) is 11.7 Å². The van der Waals surface area contributed by atoms with Crippen LogP contribution in [0.3, 0.4) is 0 Å². The number of ether oxygens (including phenoxy) is 2. The van der Waals surface area contributed by atoms with Gasteiger partial charge in [0.05, 0.1) is 12.7 Å². The first kappa shape index (κ1) is 14.0. The van der Waals surface area contributed by atoms with Gasteiger partial charge in [-0.15, -0.1) is 0 Å². The standard InChI is InChI=1S/C15H19N3O3/c1-19-12-6-4-3-5-11(12)13-17-14(21-18-13)15(20-2)7-9-16-10-8-15/h3-6,16H,7-10H2,1-2H3. The van der Waals surface area contributed by atoms with E-state index in [4.69, 9.17) is 14.0 Å². The maximum absolute atomic E-state index is 5.70. The second-order valence-electron chi connectivity index (χ2n) is 5.07. The first-order valence-corrected chi connectivity index (χ1v) is 7.02. The van der Waals surface area contributed by atoms with Crippen molar-refractivity contribution in [2.75, 3.05) is 27.3 Å². The highest BCUT2D eigenvalue weighted by Gasteiger charge is 2.39. The molecular formula is C15H19N3O3. The maximum Gasteiger partial charge on any atom is 0.259 e. The number of benzene rings is 1. The number of nitrogens with one attached hydrogen (secondary N) is 1. The number of nitrogens with zero attached hydrogens (tertiary/aromatic N) is 2. The first-order valence-electron chi connectivity index (χ1n) is 7.02. The minimum Gasteiger partial charge on any atom is -0.496 e. The lowest BCUT2D eigenvalue weighted by Gasteiger charge is -2.32. The fraction of sp³-hybridized carbons (Fsp3) is 0.467. The molecule has 0 atom stereocenters. The lowest BCUT2D eigenvalue weighted by Crippen LogP contribution is -2.41. The summed E-state index contributed by atoms with van der Waals surface area (Å²) in [5.74, 6) is 1.78. The fourth-order valence-electron chi connectivity index (χ4n) is 2.68. The summed E-state index contributed by atoms with van der Waals surface area (Å²) in [5.41, 5.74) is 0.327. The summed E-state index contributed by atoms with van der Waals surface area (Å²) in [7, 11) is 3.32. The third-order valence-corrected chi connectivity index (χ3v) is 3.97.